The van der Waals surface area contributed by atoms with Gasteiger partial charge in [-0.05, 0) is 99.5 Å². The third kappa shape index (κ3) is 4.54. The zero-order valence-corrected chi connectivity index (χ0v) is 21.8. The Morgan fingerprint density at radius 2 is 1.71 bits per heavy atom. The Labute approximate surface area is 222 Å². The van der Waals surface area contributed by atoms with Gasteiger partial charge in [0, 0.05) is 22.6 Å². The van der Waals surface area contributed by atoms with Crippen molar-refractivity contribution in [3.63, 3.8) is 0 Å². The maximum atomic E-state index is 6.15. The molecule has 1 atom stereocenters. The van der Waals surface area contributed by atoms with Crippen LogP contribution in [0.25, 0.3) is 44.3 Å². The van der Waals surface area contributed by atoms with Crippen molar-refractivity contribution in [1.29, 1.82) is 0 Å². The highest BCUT2D eigenvalue weighted by Crippen LogP contribution is 2.32. The van der Waals surface area contributed by atoms with E-state index in [1.165, 1.54) is 31.1 Å². The fraction of sp³-hybridized carbons (Fsp3) is 0.367. The summed E-state index contributed by atoms with van der Waals surface area (Å²) in [5.74, 6) is 2.57. The molecular formula is C30H33N7O. The molecular weight excluding hydrogens is 474 g/mol. The van der Waals surface area contributed by atoms with Crippen molar-refractivity contribution in [1.82, 2.24) is 35.2 Å². The Kier molecular flexibility index (Phi) is 6.06. The second kappa shape index (κ2) is 9.85. The van der Waals surface area contributed by atoms with Crippen molar-refractivity contribution < 1.29 is 4.74 Å². The summed E-state index contributed by atoms with van der Waals surface area (Å²) in [7, 11) is 2.18. The number of aromatic amines is 2. The predicted octanol–water partition coefficient (Wildman–Crippen LogP) is 5.24. The third-order valence-electron chi connectivity index (χ3n) is 8.12. The highest BCUT2D eigenvalue weighted by atomic mass is 16.5. The zero-order chi connectivity index (χ0) is 25.5. The smallest absolute Gasteiger partial charge is 0.181 e. The average molecular weight is 508 g/mol. The van der Waals surface area contributed by atoms with Crippen LogP contribution in [0.1, 0.15) is 31.5 Å². The van der Waals surface area contributed by atoms with Crippen LogP contribution in [0.3, 0.4) is 0 Å². The lowest BCUT2D eigenvalue weighted by Gasteiger charge is -2.19. The summed E-state index contributed by atoms with van der Waals surface area (Å²) in [5, 5.41) is 18.9. The molecule has 0 bridgehead atoms. The first-order valence-electron chi connectivity index (χ1n) is 13.7. The number of hydrogen-bond donors (Lipinski definition) is 2. The van der Waals surface area contributed by atoms with Gasteiger partial charge in [0.15, 0.2) is 5.82 Å². The molecule has 3 aromatic carbocycles. The number of nitrogens with one attached hydrogen (secondary N) is 2. The maximum Gasteiger partial charge on any atom is 0.181 e. The van der Waals surface area contributed by atoms with Crippen LogP contribution in [-0.4, -0.2) is 74.5 Å². The number of likely N-dealkylation sites (tertiary alicyclic amines) is 2. The van der Waals surface area contributed by atoms with Crippen LogP contribution < -0.4 is 4.74 Å². The third-order valence-corrected chi connectivity index (χ3v) is 8.12. The van der Waals surface area contributed by atoms with E-state index in [2.05, 4.69) is 91.8 Å². The van der Waals surface area contributed by atoms with E-state index in [9.17, 15) is 0 Å². The summed E-state index contributed by atoms with van der Waals surface area (Å²) < 4.78 is 6.15. The van der Waals surface area contributed by atoms with Crippen LogP contribution in [0.15, 0.2) is 54.6 Å². The molecule has 0 saturated carbocycles. The number of fused-ring (bicyclic) bond motifs is 2. The molecule has 8 heteroatoms. The Morgan fingerprint density at radius 1 is 0.868 bits per heavy atom. The van der Waals surface area contributed by atoms with E-state index in [0.717, 1.165) is 83.3 Å². The average Bonchev–Trinajstić information content (AvgIpc) is 3.75. The van der Waals surface area contributed by atoms with E-state index < -0.39 is 0 Å². The Bertz CT molecular complexity index is 1580. The highest BCUT2D eigenvalue weighted by molar-refractivity contribution is 5.97. The molecule has 38 heavy (non-hydrogen) atoms. The lowest BCUT2D eigenvalue weighted by molar-refractivity contribution is 0.198. The Hall–Kier alpha value is -3.75. The van der Waals surface area contributed by atoms with E-state index in [4.69, 9.17) is 9.72 Å². The van der Waals surface area contributed by atoms with Gasteiger partial charge in [0.2, 0.25) is 0 Å². The summed E-state index contributed by atoms with van der Waals surface area (Å²) in [5.41, 5.74) is 3.99. The van der Waals surface area contributed by atoms with E-state index in [-0.39, 0.29) is 0 Å². The van der Waals surface area contributed by atoms with Gasteiger partial charge in [-0.25, -0.2) is 4.98 Å². The highest BCUT2D eigenvalue weighted by Gasteiger charge is 2.21. The van der Waals surface area contributed by atoms with Gasteiger partial charge in [0.25, 0.3) is 0 Å². The van der Waals surface area contributed by atoms with Gasteiger partial charge in [0.1, 0.15) is 18.2 Å². The first-order chi connectivity index (χ1) is 18.7. The van der Waals surface area contributed by atoms with Gasteiger partial charge in [-0.1, -0.05) is 18.2 Å². The SMILES string of the molecule is CN1CCCC1COc1ccc2cc(-c3n[nH]c4ccc(-c5n[nH]c(CN6CCCC6)n5)cc34)ccc2c1. The molecule has 194 valence electrons. The normalized spacial score (nSPS) is 18.7. The van der Waals surface area contributed by atoms with Crippen LogP contribution in [0.5, 0.6) is 5.75 Å². The van der Waals surface area contributed by atoms with Crippen molar-refractivity contribution >= 4 is 21.7 Å². The maximum absolute atomic E-state index is 6.15. The van der Waals surface area contributed by atoms with Gasteiger partial charge in [-0.15, -0.1) is 0 Å². The largest absolute Gasteiger partial charge is 0.492 e. The molecule has 2 saturated heterocycles. The summed E-state index contributed by atoms with van der Waals surface area (Å²) in [6.45, 7) is 5.01. The van der Waals surface area contributed by atoms with Crippen LogP contribution >= 0.6 is 0 Å². The molecule has 2 aliphatic rings. The summed E-state index contributed by atoms with van der Waals surface area (Å²) in [6, 6.07) is 19.6. The minimum absolute atomic E-state index is 0.513. The lowest BCUT2D eigenvalue weighted by Crippen LogP contribution is -2.30. The number of benzene rings is 3. The van der Waals surface area contributed by atoms with Crippen molar-refractivity contribution in [3.8, 4) is 28.4 Å². The number of likely N-dealkylation sites (N-methyl/N-ethyl adjacent to an activating group) is 1. The number of aromatic nitrogens is 5. The van der Waals surface area contributed by atoms with Crippen LogP contribution in [-0.2, 0) is 6.54 Å². The van der Waals surface area contributed by atoms with E-state index in [0.29, 0.717) is 6.04 Å². The molecule has 2 aliphatic heterocycles. The fourth-order valence-corrected chi connectivity index (χ4v) is 5.86. The molecule has 1 unspecified atom stereocenters. The molecule has 2 fully saturated rings. The first-order valence-corrected chi connectivity index (χ1v) is 13.7. The lowest BCUT2D eigenvalue weighted by atomic mass is 10.0. The van der Waals surface area contributed by atoms with Crippen LogP contribution in [0, 0.1) is 0 Å². The first kappa shape index (κ1) is 23.4. The van der Waals surface area contributed by atoms with Gasteiger partial charge < -0.3 is 9.64 Å². The van der Waals surface area contributed by atoms with Crippen molar-refractivity contribution in [3.05, 3.63) is 60.4 Å². The number of hydrogen-bond acceptors (Lipinski definition) is 6. The molecule has 0 spiro atoms. The van der Waals surface area contributed by atoms with Crippen LogP contribution in [0.4, 0.5) is 0 Å². The Morgan fingerprint density at radius 3 is 2.58 bits per heavy atom. The summed E-state index contributed by atoms with van der Waals surface area (Å²) in [6.07, 6.45) is 5.00. The van der Waals surface area contributed by atoms with Gasteiger partial charge in [-0.3, -0.25) is 15.1 Å². The molecule has 0 amide bonds. The summed E-state index contributed by atoms with van der Waals surface area (Å²) in [4.78, 5) is 9.59. The topological polar surface area (TPSA) is 86.0 Å². The fourth-order valence-electron chi connectivity index (χ4n) is 5.86. The van der Waals surface area contributed by atoms with Gasteiger partial charge >= 0.3 is 0 Å². The van der Waals surface area contributed by atoms with E-state index in [1.54, 1.807) is 0 Å². The minimum Gasteiger partial charge on any atom is -0.492 e. The molecule has 0 aliphatic carbocycles. The Balaban J connectivity index is 1.13. The second-order valence-electron chi connectivity index (χ2n) is 10.7. The number of nitrogens with zero attached hydrogens (tertiary/aromatic N) is 5. The van der Waals surface area contributed by atoms with Crippen molar-refractivity contribution in [2.45, 2.75) is 38.3 Å². The standard InChI is InChI=1S/C30H33N7O/c1-36-12-4-5-24(36)19-38-25-10-8-20-15-22(7-6-21(20)16-25)29-26-17-23(9-11-27(26)32-34-29)30-31-28(33-35-30)18-37-13-2-3-14-37/h6-11,15-17,24H,2-5,12-14,18-19H2,1H3,(H,32,34)(H,31,33,35). The molecule has 8 nitrogen and oxygen atoms in total. The van der Waals surface area contributed by atoms with Crippen LogP contribution in [0.2, 0.25) is 0 Å². The van der Waals surface area contributed by atoms with E-state index >= 15 is 0 Å². The van der Waals surface area contributed by atoms with Crippen molar-refractivity contribution in [2.75, 3.05) is 33.3 Å². The van der Waals surface area contributed by atoms with Gasteiger partial charge in [0.05, 0.1) is 17.8 Å². The van der Waals surface area contributed by atoms with Crippen molar-refractivity contribution in [2.24, 2.45) is 0 Å². The minimum atomic E-state index is 0.513. The predicted molar refractivity (Wildman–Crippen MR) is 150 cm³/mol. The van der Waals surface area contributed by atoms with E-state index in [1.807, 2.05) is 0 Å². The summed E-state index contributed by atoms with van der Waals surface area (Å²) >= 11 is 0. The molecule has 2 aromatic heterocycles. The molecule has 2 N–H and O–H groups in total. The zero-order valence-electron chi connectivity index (χ0n) is 21.8. The molecule has 0 radical (unpaired) electrons. The molecule has 7 rings (SSSR count). The number of ether oxygens (including phenoxy) is 1. The number of rotatable bonds is 7. The van der Waals surface area contributed by atoms with Gasteiger partial charge in [-0.2, -0.15) is 10.2 Å². The monoisotopic (exact) mass is 507 g/mol. The molecule has 5 aromatic rings. The molecule has 4 heterocycles. The second-order valence-corrected chi connectivity index (χ2v) is 10.7. The quantitative estimate of drug-likeness (QED) is 0.313. The number of H-pyrrole nitrogens is 2.